The Morgan fingerprint density at radius 2 is 2.53 bits per heavy atom. The summed E-state index contributed by atoms with van der Waals surface area (Å²) in [7, 11) is 2.02. The van der Waals surface area contributed by atoms with Gasteiger partial charge in [-0.3, -0.25) is 4.90 Å². The van der Waals surface area contributed by atoms with Crippen LogP contribution in [0.4, 0.5) is 0 Å². The number of nitriles is 1. The molecule has 4 heteroatoms. The molecular formula is C13H18N4. The molecule has 90 valence electrons. The number of aromatic nitrogens is 1. The monoisotopic (exact) mass is 230 g/mol. The third kappa shape index (κ3) is 3.26. The van der Waals surface area contributed by atoms with Gasteiger partial charge in [0.05, 0.1) is 0 Å². The van der Waals surface area contributed by atoms with Gasteiger partial charge in [-0.2, -0.15) is 5.26 Å². The third-order valence-corrected chi connectivity index (χ3v) is 3.26. The molecule has 1 fully saturated rings. The van der Waals surface area contributed by atoms with Crippen LogP contribution in [-0.2, 0) is 6.54 Å². The first-order valence-electron chi connectivity index (χ1n) is 6.06. The minimum atomic E-state index is 0.504. The molecule has 0 bridgehead atoms. The number of nitrogens with zero attached hydrogens (tertiary/aromatic N) is 3. The van der Waals surface area contributed by atoms with Gasteiger partial charge < -0.3 is 5.32 Å². The average molecular weight is 230 g/mol. The van der Waals surface area contributed by atoms with E-state index in [-0.39, 0.29) is 0 Å². The zero-order valence-electron chi connectivity index (χ0n) is 10.2. The number of hydrogen-bond acceptors (Lipinski definition) is 4. The molecule has 4 nitrogen and oxygen atoms in total. The molecule has 0 aromatic carbocycles. The van der Waals surface area contributed by atoms with Crippen molar-refractivity contribution >= 4 is 0 Å². The maximum atomic E-state index is 8.81. The Balaban J connectivity index is 1.98. The van der Waals surface area contributed by atoms with Crippen molar-refractivity contribution in [2.24, 2.45) is 0 Å². The Bertz CT molecular complexity index is 410. The lowest BCUT2D eigenvalue weighted by Crippen LogP contribution is -2.43. The van der Waals surface area contributed by atoms with Crippen LogP contribution in [0.15, 0.2) is 18.3 Å². The summed E-state index contributed by atoms with van der Waals surface area (Å²) < 4.78 is 0. The highest BCUT2D eigenvalue weighted by Gasteiger charge is 2.18. The lowest BCUT2D eigenvalue weighted by atomic mass is 10.1. The van der Waals surface area contributed by atoms with E-state index in [0.29, 0.717) is 11.7 Å². The van der Waals surface area contributed by atoms with Crippen LogP contribution in [0.1, 0.15) is 24.1 Å². The number of rotatable bonds is 3. The van der Waals surface area contributed by atoms with Crippen LogP contribution >= 0.6 is 0 Å². The standard InChI is InChI=1S/C13H18N4/c1-15-12-3-2-6-17(10-12)9-11-4-5-16-13(7-11)8-14/h4-5,7,12,15H,2-3,6,9-10H2,1H3. The normalized spacial score (nSPS) is 21.1. The molecule has 2 rings (SSSR count). The Morgan fingerprint density at radius 3 is 3.29 bits per heavy atom. The summed E-state index contributed by atoms with van der Waals surface area (Å²) in [5.74, 6) is 0. The Morgan fingerprint density at radius 1 is 1.65 bits per heavy atom. The SMILES string of the molecule is CNC1CCCN(Cc2ccnc(C#N)c2)C1. The van der Waals surface area contributed by atoms with E-state index in [2.05, 4.69) is 21.3 Å². The van der Waals surface area contributed by atoms with E-state index in [0.717, 1.165) is 19.6 Å². The van der Waals surface area contributed by atoms with Crippen LogP contribution in [0, 0.1) is 11.3 Å². The van der Waals surface area contributed by atoms with Gasteiger partial charge >= 0.3 is 0 Å². The molecule has 1 saturated heterocycles. The van der Waals surface area contributed by atoms with Crippen LogP contribution in [0.25, 0.3) is 0 Å². The fraction of sp³-hybridized carbons (Fsp3) is 0.538. The van der Waals surface area contributed by atoms with Gasteiger partial charge in [0.15, 0.2) is 0 Å². The second kappa shape index (κ2) is 5.76. The van der Waals surface area contributed by atoms with Gasteiger partial charge in [0.25, 0.3) is 0 Å². The van der Waals surface area contributed by atoms with Crippen LogP contribution in [0.5, 0.6) is 0 Å². The molecule has 0 radical (unpaired) electrons. The number of hydrogen-bond donors (Lipinski definition) is 1. The molecule has 1 aliphatic rings. The van der Waals surface area contributed by atoms with Gasteiger partial charge in [0.1, 0.15) is 11.8 Å². The van der Waals surface area contributed by atoms with Crippen LogP contribution in [0.3, 0.4) is 0 Å². The zero-order chi connectivity index (χ0) is 12.1. The van der Waals surface area contributed by atoms with E-state index in [9.17, 15) is 0 Å². The molecule has 1 aromatic heterocycles. The van der Waals surface area contributed by atoms with E-state index in [1.165, 1.54) is 18.4 Å². The van der Waals surface area contributed by atoms with Crippen molar-refractivity contribution in [3.05, 3.63) is 29.6 Å². The van der Waals surface area contributed by atoms with Crippen molar-refractivity contribution in [2.75, 3.05) is 20.1 Å². The molecule has 0 amide bonds. The quantitative estimate of drug-likeness (QED) is 0.846. The van der Waals surface area contributed by atoms with Crippen molar-refractivity contribution in [3.8, 4) is 6.07 Å². The Kier molecular flexibility index (Phi) is 4.08. The molecule has 2 heterocycles. The Labute approximate surface area is 102 Å². The fourth-order valence-electron chi connectivity index (χ4n) is 2.33. The molecule has 1 aliphatic heterocycles. The van der Waals surface area contributed by atoms with E-state index in [4.69, 9.17) is 5.26 Å². The minimum Gasteiger partial charge on any atom is -0.316 e. The number of likely N-dealkylation sites (N-methyl/N-ethyl adjacent to an activating group) is 1. The molecule has 0 saturated carbocycles. The Hall–Kier alpha value is -1.44. The van der Waals surface area contributed by atoms with E-state index >= 15 is 0 Å². The largest absolute Gasteiger partial charge is 0.316 e. The lowest BCUT2D eigenvalue weighted by molar-refractivity contribution is 0.188. The first-order valence-corrected chi connectivity index (χ1v) is 6.06. The molecule has 1 aromatic rings. The van der Waals surface area contributed by atoms with Gasteiger partial charge in [0, 0.05) is 25.3 Å². The summed E-state index contributed by atoms with van der Waals surface area (Å²) in [6.45, 7) is 3.14. The van der Waals surface area contributed by atoms with Crippen molar-refractivity contribution in [1.29, 1.82) is 5.26 Å². The van der Waals surface area contributed by atoms with Crippen LogP contribution < -0.4 is 5.32 Å². The molecule has 1 unspecified atom stereocenters. The van der Waals surface area contributed by atoms with Crippen molar-refractivity contribution in [2.45, 2.75) is 25.4 Å². The number of nitrogens with one attached hydrogen (secondary N) is 1. The second-order valence-electron chi connectivity index (χ2n) is 4.52. The molecular weight excluding hydrogens is 212 g/mol. The lowest BCUT2D eigenvalue weighted by Gasteiger charge is -2.32. The van der Waals surface area contributed by atoms with Gasteiger partial charge in [0.2, 0.25) is 0 Å². The van der Waals surface area contributed by atoms with E-state index in [1.54, 1.807) is 6.20 Å². The highest BCUT2D eigenvalue weighted by molar-refractivity contribution is 5.25. The highest BCUT2D eigenvalue weighted by atomic mass is 15.2. The summed E-state index contributed by atoms with van der Waals surface area (Å²) in [6.07, 6.45) is 4.21. The predicted molar refractivity (Wildman–Crippen MR) is 66.3 cm³/mol. The van der Waals surface area contributed by atoms with Gasteiger partial charge in [-0.15, -0.1) is 0 Å². The zero-order valence-corrected chi connectivity index (χ0v) is 10.2. The maximum Gasteiger partial charge on any atom is 0.140 e. The van der Waals surface area contributed by atoms with Crippen LogP contribution in [0.2, 0.25) is 0 Å². The maximum absolute atomic E-state index is 8.81. The molecule has 1 N–H and O–H groups in total. The first kappa shape index (κ1) is 12.0. The van der Waals surface area contributed by atoms with Gasteiger partial charge in [-0.25, -0.2) is 4.98 Å². The number of piperidine rings is 1. The smallest absolute Gasteiger partial charge is 0.140 e. The average Bonchev–Trinajstić information content (AvgIpc) is 2.39. The van der Waals surface area contributed by atoms with Gasteiger partial charge in [-0.05, 0) is 44.1 Å². The summed E-state index contributed by atoms with van der Waals surface area (Å²) in [5, 5.41) is 12.1. The molecule has 17 heavy (non-hydrogen) atoms. The topological polar surface area (TPSA) is 52.0 Å². The van der Waals surface area contributed by atoms with Gasteiger partial charge in [-0.1, -0.05) is 0 Å². The third-order valence-electron chi connectivity index (χ3n) is 3.26. The van der Waals surface area contributed by atoms with Crippen molar-refractivity contribution in [3.63, 3.8) is 0 Å². The van der Waals surface area contributed by atoms with E-state index in [1.807, 2.05) is 19.2 Å². The summed E-state index contributed by atoms with van der Waals surface area (Å²) in [5.41, 5.74) is 1.68. The number of likely N-dealkylation sites (tertiary alicyclic amines) is 1. The summed E-state index contributed by atoms with van der Waals surface area (Å²) >= 11 is 0. The van der Waals surface area contributed by atoms with Crippen LogP contribution in [-0.4, -0.2) is 36.1 Å². The van der Waals surface area contributed by atoms with Crippen molar-refractivity contribution < 1.29 is 0 Å². The summed E-state index contributed by atoms with van der Waals surface area (Å²) in [4.78, 5) is 6.42. The second-order valence-corrected chi connectivity index (χ2v) is 4.52. The molecule has 0 spiro atoms. The highest BCUT2D eigenvalue weighted by Crippen LogP contribution is 2.13. The summed E-state index contributed by atoms with van der Waals surface area (Å²) in [6, 6.07) is 6.55. The number of pyridine rings is 1. The predicted octanol–water partition coefficient (Wildman–Crippen LogP) is 1.14. The fourth-order valence-corrected chi connectivity index (χ4v) is 2.33. The minimum absolute atomic E-state index is 0.504. The first-order chi connectivity index (χ1) is 8.31. The van der Waals surface area contributed by atoms with Crippen molar-refractivity contribution in [1.82, 2.24) is 15.2 Å². The molecule has 0 aliphatic carbocycles. The van der Waals surface area contributed by atoms with E-state index < -0.39 is 0 Å². The molecule has 1 atom stereocenters.